The van der Waals surface area contributed by atoms with Gasteiger partial charge in [-0.05, 0) is 30.5 Å². The third-order valence-corrected chi connectivity index (χ3v) is 4.00. The highest BCUT2D eigenvalue weighted by atomic mass is 79.9. The van der Waals surface area contributed by atoms with Gasteiger partial charge in [0.1, 0.15) is 5.82 Å². The Bertz CT molecular complexity index is 430. The van der Waals surface area contributed by atoms with E-state index in [1.54, 1.807) is 12.1 Å². The Morgan fingerprint density at radius 1 is 1.33 bits per heavy atom. The number of carbonyl (C=O) groups excluding carboxylic acids is 1. The lowest BCUT2D eigenvalue weighted by atomic mass is 9.95. The molecule has 0 bridgehead atoms. The van der Waals surface area contributed by atoms with Crippen molar-refractivity contribution in [1.29, 1.82) is 0 Å². The standard InChI is InChI=1S/C14H17BrFNO/c15-9-11-7-6-10(8-13(11)16)14(18)17-12-4-2-1-3-5-12/h6-8,12H,1-5,9H2,(H,17,18). The van der Waals surface area contributed by atoms with Crippen LogP contribution in [0.15, 0.2) is 18.2 Å². The molecule has 0 saturated heterocycles. The Hall–Kier alpha value is -0.900. The molecule has 0 unspecified atom stereocenters. The Balaban J connectivity index is 2.01. The number of amides is 1. The number of benzene rings is 1. The summed E-state index contributed by atoms with van der Waals surface area (Å²) in [5, 5.41) is 3.44. The van der Waals surface area contributed by atoms with Gasteiger partial charge < -0.3 is 5.32 Å². The predicted octanol–water partition coefficient (Wildman–Crippen LogP) is 3.78. The quantitative estimate of drug-likeness (QED) is 0.845. The average Bonchev–Trinajstić information content (AvgIpc) is 2.39. The number of rotatable bonds is 3. The van der Waals surface area contributed by atoms with Crippen molar-refractivity contribution in [3.63, 3.8) is 0 Å². The van der Waals surface area contributed by atoms with Crippen LogP contribution < -0.4 is 5.32 Å². The van der Waals surface area contributed by atoms with E-state index in [-0.39, 0.29) is 17.8 Å². The van der Waals surface area contributed by atoms with Gasteiger partial charge in [0.05, 0.1) is 0 Å². The minimum absolute atomic E-state index is 0.165. The van der Waals surface area contributed by atoms with Crippen LogP contribution in [0.1, 0.15) is 48.0 Å². The number of hydrogen-bond donors (Lipinski definition) is 1. The molecule has 1 aliphatic rings. The van der Waals surface area contributed by atoms with Crippen LogP contribution in [0.4, 0.5) is 4.39 Å². The van der Waals surface area contributed by atoms with Crippen molar-refractivity contribution in [2.45, 2.75) is 43.5 Å². The fourth-order valence-corrected chi connectivity index (χ4v) is 2.77. The van der Waals surface area contributed by atoms with Crippen molar-refractivity contribution in [1.82, 2.24) is 5.32 Å². The Labute approximate surface area is 115 Å². The smallest absolute Gasteiger partial charge is 0.251 e. The maximum Gasteiger partial charge on any atom is 0.251 e. The van der Waals surface area contributed by atoms with E-state index in [9.17, 15) is 9.18 Å². The van der Waals surface area contributed by atoms with Gasteiger partial charge in [0, 0.05) is 16.9 Å². The average molecular weight is 314 g/mol. The first kappa shape index (κ1) is 13.5. The van der Waals surface area contributed by atoms with Crippen LogP contribution in [0.3, 0.4) is 0 Å². The minimum Gasteiger partial charge on any atom is -0.349 e. The van der Waals surface area contributed by atoms with Gasteiger partial charge in [-0.3, -0.25) is 4.79 Å². The Morgan fingerprint density at radius 3 is 2.67 bits per heavy atom. The molecule has 0 heterocycles. The van der Waals surface area contributed by atoms with Crippen LogP contribution in [-0.2, 0) is 5.33 Å². The van der Waals surface area contributed by atoms with Gasteiger partial charge >= 0.3 is 0 Å². The molecule has 0 atom stereocenters. The third-order valence-electron chi connectivity index (χ3n) is 3.40. The number of nitrogens with one attached hydrogen (secondary N) is 1. The van der Waals surface area contributed by atoms with Gasteiger partial charge in [-0.2, -0.15) is 0 Å². The van der Waals surface area contributed by atoms with E-state index in [1.165, 1.54) is 25.3 Å². The van der Waals surface area contributed by atoms with Crippen molar-refractivity contribution in [2.75, 3.05) is 0 Å². The van der Waals surface area contributed by atoms with Crippen LogP contribution in [0.5, 0.6) is 0 Å². The zero-order chi connectivity index (χ0) is 13.0. The van der Waals surface area contributed by atoms with Gasteiger partial charge in [0.2, 0.25) is 0 Å². The lowest BCUT2D eigenvalue weighted by molar-refractivity contribution is 0.0927. The molecule has 0 spiro atoms. The van der Waals surface area contributed by atoms with Gasteiger partial charge in [0.15, 0.2) is 0 Å². The van der Waals surface area contributed by atoms with Crippen molar-refractivity contribution in [3.8, 4) is 0 Å². The summed E-state index contributed by atoms with van der Waals surface area (Å²) in [4.78, 5) is 12.0. The molecular formula is C14H17BrFNO. The molecular weight excluding hydrogens is 297 g/mol. The van der Waals surface area contributed by atoms with Crippen molar-refractivity contribution < 1.29 is 9.18 Å². The van der Waals surface area contributed by atoms with E-state index in [0.717, 1.165) is 12.8 Å². The molecule has 1 aromatic rings. The maximum atomic E-state index is 13.6. The summed E-state index contributed by atoms with van der Waals surface area (Å²) in [6.45, 7) is 0. The number of hydrogen-bond acceptors (Lipinski definition) is 1. The Morgan fingerprint density at radius 2 is 2.06 bits per heavy atom. The molecule has 0 radical (unpaired) electrons. The van der Waals surface area contributed by atoms with Crippen molar-refractivity contribution in [3.05, 3.63) is 35.1 Å². The molecule has 1 aliphatic carbocycles. The van der Waals surface area contributed by atoms with Crippen LogP contribution in [0.25, 0.3) is 0 Å². The SMILES string of the molecule is O=C(NC1CCCCC1)c1ccc(CBr)c(F)c1. The molecule has 1 amide bonds. The molecule has 1 aromatic carbocycles. The molecule has 1 N–H and O–H groups in total. The molecule has 0 aromatic heterocycles. The van der Waals surface area contributed by atoms with E-state index >= 15 is 0 Å². The van der Waals surface area contributed by atoms with E-state index in [1.807, 2.05) is 0 Å². The molecule has 0 aliphatic heterocycles. The fourth-order valence-electron chi connectivity index (χ4n) is 2.31. The van der Waals surface area contributed by atoms with Crippen LogP contribution in [0, 0.1) is 5.82 Å². The zero-order valence-electron chi connectivity index (χ0n) is 10.2. The van der Waals surface area contributed by atoms with Crippen LogP contribution in [-0.4, -0.2) is 11.9 Å². The molecule has 2 nitrogen and oxygen atoms in total. The highest BCUT2D eigenvalue weighted by molar-refractivity contribution is 9.08. The van der Waals surface area contributed by atoms with Crippen LogP contribution >= 0.6 is 15.9 Å². The zero-order valence-corrected chi connectivity index (χ0v) is 11.8. The van der Waals surface area contributed by atoms with E-state index in [0.29, 0.717) is 16.5 Å². The lowest BCUT2D eigenvalue weighted by Crippen LogP contribution is -2.36. The number of alkyl halides is 1. The molecule has 2 rings (SSSR count). The second-order valence-corrected chi connectivity index (χ2v) is 5.31. The van der Waals surface area contributed by atoms with Crippen LogP contribution in [0.2, 0.25) is 0 Å². The normalized spacial score (nSPS) is 16.6. The maximum absolute atomic E-state index is 13.6. The number of halogens is 2. The first-order chi connectivity index (χ1) is 8.70. The van der Waals surface area contributed by atoms with Gasteiger partial charge in [-0.25, -0.2) is 4.39 Å². The number of carbonyl (C=O) groups is 1. The highest BCUT2D eigenvalue weighted by Gasteiger charge is 2.17. The molecule has 1 fully saturated rings. The predicted molar refractivity (Wildman–Crippen MR) is 73.4 cm³/mol. The summed E-state index contributed by atoms with van der Waals surface area (Å²) in [7, 11) is 0. The van der Waals surface area contributed by atoms with Crippen molar-refractivity contribution >= 4 is 21.8 Å². The summed E-state index contributed by atoms with van der Waals surface area (Å²) in [6, 6.07) is 4.90. The molecule has 4 heteroatoms. The summed E-state index contributed by atoms with van der Waals surface area (Å²) >= 11 is 3.21. The van der Waals surface area contributed by atoms with Gasteiger partial charge in [0.25, 0.3) is 5.91 Å². The topological polar surface area (TPSA) is 29.1 Å². The van der Waals surface area contributed by atoms with E-state index in [4.69, 9.17) is 0 Å². The van der Waals surface area contributed by atoms with Gasteiger partial charge in [-0.15, -0.1) is 0 Å². The molecule has 18 heavy (non-hydrogen) atoms. The highest BCUT2D eigenvalue weighted by Crippen LogP contribution is 2.18. The Kier molecular flexibility index (Phi) is 4.75. The summed E-state index contributed by atoms with van der Waals surface area (Å²) in [6.07, 6.45) is 5.66. The van der Waals surface area contributed by atoms with E-state index < -0.39 is 0 Å². The fraction of sp³-hybridized carbons (Fsp3) is 0.500. The summed E-state index contributed by atoms with van der Waals surface area (Å²) < 4.78 is 13.6. The molecule has 1 saturated carbocycles. The largest absolute Gasteiger partial charge is 0.349 e. The van der Waals surface area contributed by atoms with E-state index in [2.05, 4.69) is 21.2 Å². The summed E-state index contributed by atoms with van der Waals surface area (Å²) in [5.74, 6) is -0.495. The third kappa shape index (κ3) is 3.31. The second kappa shape index (κ2) is 6.32. The van der Waals surface area contributed by atoms with Crippen molar-refractivity contribution in [2.24, 2.45) is 0 Å². The van der Waals surface area contributed by atoms with Gasteiger partial charge in [-0.1, -0.05) is 41.3 Å². The summed E-state index contributed by atoms with van der Waals surface area (Å²) in [5.41, 5.74) is 0.979. The lowest BCUT2D eigenvalue weighted by Gasteiger charge is -2.22. The minimum atomic E-state index is -0.330. The first-order valence-corrected chi connectivity index (χ1v) is 7.48. The first-order valence-electron chi connectivity index (χ1n) is 6.36. The molecule has 98 valence electrons. The monoisotopic (exact) mass is 313 g/mol. The second-order valence-electron chi connectivity index (χ2n) is 4.75.